The molecule has 0 spiro atoms. The Balaban J connectivity index is 1.82. The van der Waals surface area contributed by atoms with E-state index in [4.69, 9.17) is 4.74 Å². The van der Waals surface area contributed by atoms with Gasteiger partial charge >= 0.3 is 5.97 Å². The third-order valence-corrected chi connectivity index (χ3v) is 6.52. The third-order valence-electron chi connectivity index (χ3n) is 6.52. The Morgan fingerprint density at radius 1 is 1.18 bits per heavy atom. The van der Waals surface area contributed by atoms with Gasteiger partial charge in [-0.05, 0) is 62.3 Å². The quantitative estimate of drug-likeness (QED) is 0.847. The number of aliphatic carboxylic acids is 1. The molecule has 0 aromatic heterocycles. The molecule has 1 aliphatic carbocycles. The summed E-state index contributed by atoms with van der Waals surface area (Å²) in [6.07, 6.45) is 8.60. The fourth-order valence-corrected chi connectivity index (χ4v) is 5.42. The Hall–Kier alpha value is -0.610. The lowest BCUT2D eigenvalue weighted by Gasteiger charge is -2.56. The molecule has 2 aliphatic heterocycles. The van der Waals surface area contributed by atoms with E-state index in [1.807, 2.05) is 0 Å². The normalized spacial score (nSPS) is 31.1. The van der Waals surface area contributed by atoms with Gasteiger partial charge < -0.3 is 9.84 Å². The van der Waals surface area contributed by atoms with Gasteiger partial charge in [0.25, 0.3) is 0 Å². The molecular weight excluding hydrogens is 278 g/mol. The van der Waals surface area contributed by atoms with E-state index in [-0.39, 0.29) is 12.0 Å². The molecule has 22 heavy (non-hydrogen) atoms. The molecule has 0 radical (unpaired) electrons. The molecule has 1 saturated carbocycles. The molecule has 4 nitrogen and oxygen atoms in total. The number of ether oxygens (including phenoxy) is 1. The molecule has 2 atom stereocenters. The smallest absolute Gasteiger partial charge is 0.321 e. The van der Waals surface area contributed by atoms with Gasteiger partial charge in [0.15, 0.2) is 0 Å². The van der Waals surface area contributed by atoms with Crippen molar-refractivity contribution in [3.63, 3.8) is 0 Å². The summed E-state index contributed by atoms with van der Waals surface area (Å²) in [4.78, 5) is 14.2. The monoisotopic (exact) mass is 309 g/mol. The van der Waals surface area contributed by atoms with Crippen LogP contribution in [0.15, 0.2) is 0 Å². The molecule has 0 amide bonds. The summed E-state index contributed by atoms with van der Waals surface area (Å²) in [5, 5.41) is 9.73. The Morgan fingerprint density at radius 2 is 1.86 bits per heavy atom. The maximum absolute atomic E-state index is 11.8. The van der Waals surface area contributed by atoms with Gasteiger partial charge in [0.1, 0.15) is 6.04 Å². The lowest BCUT2D eigenvalue weighted by molar-refractivity contribution is -0.150. The minimum Gasteiger partial charge on any atom is -0.480 e. The summed E-state index contributed by atoms with van der Waals surface area (Å²) in [6, 6.07) is 0.165. The van der Waals surface area contributed by atoms with Crippen LogP contribution >= 0.6 is 0 Å². The minimum atomic E-state index is -0.636. The number of nitrogens with zero attached hydrogens (tertiary/aromatic N) is 1. The van der Waals surface area contributed by atoms with Crippen LogP contribution < -0.4 is 0 Å². The summed E-state index contributed by atoms with van der Waals surface area (Å²) in [7, 11) is 0. The van der Waals surface area contributed by atoms with E-state index >= 15 is 0 Å². The van der Waals surface area contributed by atoms with Crippen LogP contribution in [0, 0.1) is 17.3 Å². The molecule has 0 bridgehead atoms. The van der Waals surface area contributed by atoms with E-state index in [9.17, 15) is 9.90 Å². The second kappa shape index (κ2) is 6.48. The van der Waals surface area contributed by atoms with Gasteiger partial charge in [-0.2, -0.15) is 0 Å². The molecule has 126 valence electrons. The predicted molar refractivity (Wildman–Crippen MR) is 85.8 cm³/mol. The van der Waals surface area contributed by atoms with Crippen molar-refractivity contribution in [2.24, 2.45) is 17.3 Å². The first-order chi connectivity index (χ1) is 10.6. The van der Waals surface area contributed by atoms with Crippen molar-refractivity contribution in [1.29, 1.82) is 0 Å². The summed E-state index contributed by atoms with van der Waals surface area (Å²) in [6.45, 7) is 6.86. The standard InChI is InChI=1S/C18H31NO3/c1-13(2)16(17(20)21)19-10-3-5-15(19)18(8-4-9-18)14-6-11-22-12-7-14/h13-16H,3-12H2,1-2H3,(H,20,21)/t15-,16+/m1/s1. The molecule has 2 saturated heterocycles. The van der Waals surface area contributed by atoms with Crippen LogP contribution in [0.1, 0.15) is 58.8 Å². The number of carbonyl (C=O) groups is 1. The molecule has 2 heterocycles. The zero-order valence-electron chi connectivity index (χ0n) is 14.1. The predicted octanol–water partition coefficient (Wildman–Crippen LogP) is 3.16. The highest BCUT2D eigenvalue weighted by Crippen LogP contribution is 2.56. The van der Waals surface area contributed by atoms with Crippen LogP contribution in [0.25, 0.3) is 0 Å². The molecule has 3 fully saturated rings. The van der Waals surface area contributed by atoms with Gasteiger partial charge in [0, 0.05) is 19.3 Å². The van der Waals surface area contributed by atoms with Crippen molar-refractivity contribution >= 4 is 5.97 Å². The van der Waals surface area contributed by atoms with E-state index < -0.39 is 5.97 Å². The van der Waals surface area contributed by atoms with Gasteiger partial charge in [-0.25, -0.2) is 0 Å². The average molecular weight is 309 g/mol. The van der Waals surface area contributed by atoms with E-state index in [2.05, 4.69) is 18.7 Å². The van der Waals surface area contributed by atoms with Crippen molar-refractivity contribution in [1.82, 2.24) is 4.90 Å². The van der Waals surface area contributed by atoms with Crippen molar-refractivity contribution < 1.29 is 14.6 Å². The highest BCUT2D eigenvalue weighted by Gasteiger charge is 2.54. The highest BCUT2D eigenvalue weighted by atomic mass is 16.5. The van der Waals surface area contributed by atoms with Crippen LogP contribution in [0.3, 0.4) is 0 Å². The highest BCUT2D eigenvalue weighted by molar-refractivity contribution is 5.74. The van der Waals surface area contributed by atoms with Crippen LogP contribution in [0.5, 0.6) is 0 Å². The Morgan fingerprint density at radius 3 is 2.36 bits per heavy atom. The fourth-order valence-electron chi connectivity index (χ4n) is 5.42. The molecule has 0 aromatic carbocycles. The van der Waals surface area contributed by atoms with Gasteiger partial charge in [-0.3, -0.25) is 9.69 Å². The molecule has 3 rings (SSSR count). The van der Waals surface area contributed by atoms with Crippen molar-refractivity contribution in [3.05, 3.63) is 0 Å². The summed E-state index contributed by atoms with van der Waals surface area (Å²) < 4.78 is 5.57. The number of carboxylic acids is 1. The van der Waals surface area contributed by atoms with E-state index in [1.165, 1.54) is 38.5 Å². The maximum Gasteiger partial charge on any atom is 0.321 e. The first-order valence-corrected chi connectivity index (χ1v) is 9.12. The lowest BCUT2D eigenvalue weighted by atomic mass is 9.54. The second-order valence-electron chi connectivity index (χ2n) is 7.90. The van der Waals surface area contributed by atoms with E-state index in [0.717, 1.165) is 32.1 Å². The van der Waals surface area contributed by atoms with Crippen molar-refractivity contribution in [2.45, 2.75) is 70.9 Å². The van der Waals surface area contributed by atoms with Crippen molar-refractivity contribution in [2.75, 3.05) is 19.8 Å². The summed E-state index contributed by atoms with van der Waals surface area (Å²) >= 11 is 0. The first-order valence-electron chi connectivity index (χ1n) is 9.12. The van der Waals surface area contributed by atoms with Crippen LogP contribution in [0.4, 0.5) is 0 Å². The van der Waals surface area contributed by atoms with Gasteiger partial charge in [-0.1, -0.05) is 20.3 Å². The van der Waals surface area contributed by atoms with Gasteiger partial charge in [0.2, 0.25) is 0 Å². The lowest BCUT2D eigenvalue weighted by Crippen LogP contribution is -2.58. The number of hydrogen-bond acceptors (Lipinski definition) is 3. The van der Waals surface area contributed by atoms with Crippen LogP contribution in [-0.2, 0) is 9.53 Å². The first kappa shape index (κ1) is 16.3. The number of hydrogen-bond donors (Lipinski definition) is 1. The van der Waals surface area contributed by atoms with Crippen LogP contribution in [-0.4, -0.2) is 47.8 Å². The SMILES string of the molecule is CC(C)[C@@H](C(=O)O)N1CCC[C@@H]1C1(C2CCOCC2)CCC1. The van der Waals surface area contributed by atoms with Crippen LogP contribution in [0.2, 0.25) is 0 Å². The minimum absolute atomic E-state index is 0.171. The summed E-state index contributed by atoms with van der Waals surface area (Å²) in [5.74, 6) is 0.274. The Kier molecular flexibility index (Phi) is 4.79. The fraction of sp³-hybridized carbons (Fsp3) is 0.944. The third kappa shape index (κ3) is 2.69. The topological polar surface area (TPSA) is 49.8 Å². The second-order valence-corrected chi connectivity index (χ2v) is 7.90. The van der Waals surface area contributed by atoms with Gasteiger partial charge in [-0.15, -0.1) is 0 Å². The number of rotatable bonds is 5. The van der Waals surface area contributed by atoms with E-state index in [0.29, 0.717) is 11.5 Å². The zero-order valence-corrected chi connectivity index (χ0v) is 14.1. The number of likely N-dealkylation sites (tertiary alicyclic amines) is 1. The molecule has 0 unspecified atom stereocenters. The largest absolute Gasteiger partial charge is 0.480 e. The Labute approximate surface area is 134 Å². The average Bonchev–Trinajstić information content (AvgIpc) is 2.87. The molecule has 4 heteroatoms. The van der Waals surface area contributed by atoms with Gasteiger partial charge in [0.05, 0.1) is 0 Å². The summed E-state index contributed by atoms with van der Waals surface area (Å²) in [5.41, 5.74) is 0.378. The maximum atomic E-state index is 11.8. The molecule has 1 N–H and O–H groups in total. The van der Waals surface area contributed by atoms with E-state index in [1.54, 1.807) is 0 Å². The number of carboxylic acid groups (broad SMARTS) is 1. The molecular formula is C18H31NO3. The molecule has 3 aliphatic rings. The zero-order chi connectivity index (χ0) is 15.7. The van der Waals surface area contributed by atoms with Crippen molar-refractivity contribution in [3.8, 4) is 0 Å². The molecule has 0 aromatic rings. The Bertz CT molecular complexity index is 399.